The highest BCUT2D eigenvalue weighted by molar-refractivity contribution is 6.21. The minimum Gasteiger partial charge on any atom is -0.353 e. The molecule has 0 fully saturated rings. The molecule has 32 heavy (non-hydrogen) atoms. The molecule has 2 aliphatic rings. The summed E-state index contributed by atoms with van der Waals surface area (Å²) >= 11 is 0. The quantitative estimate of drug-likeness (QED) is 0.293. The van der Waals surface area contributed by atoms with Crippen LogP contribution < -0.4 is 21.5 Å². The van der Waals surface area contributed by atoms with Crippen molar-refractivity contribution in [3.05, 3.63) is 58.7 Å². The fraction of sp³-hybridized carbons (Fsp3) is 0.250. The third-order valence-corrected chi connectivity index (χ3v) is 5.59. The lowest BCUT2D eigenvalue weighted by Gasteiger charge is -2.14. The minimum atomic E-state index is 0.708. The van der Waals surface area contributed by atoms with Crippen molar-refractivity contribution in [1.29, 1.82) is 0 Å². The zero-order valence-corrected chi connectivity index (χ0v) is 18.2. The largest absolute Gasteiger partial charge is 0.353 e. The number of nitrogens with one attached hydrogen (secondary N) is 4. The first-order valence-electron chi connectivity index (χ1n) is 10.8. The number of aliphatic imine (C=N–C) groups is 2. The Labute approximate surface area is 186 Å². The van der Waals surface area contributed by atoms with E-state index in [9.17, 15) is 0 Å². The highest BCUT2D eigenvalue weighted by atomic mass is 15.4. The second kappa shape index (κ2) is 8.66. The molecule has 0 radical (unpaired) electrons. The first-order chi connectivity index (χ1) is 15.7. The smallest absolute Gasteiger partial charge is 0.212 e. The van der Waals surface area contributed by atoms with Crippen LogP contribution in [0.25, 0.3) is 21.5 Å². The second-order valence-corrected chi connectivity index (χ2v) is 7.98. The summed E-state index contributed by atoms with van der Waals surface area (Å²) < 4.78 is 0. The first kappa shape index (κ1) is 20.0. The summed E-state index contributed by atoms with van der Waals surface area (Å²) in [5.74, 6) is 1.42. The molecule has 0 amide bonds. The van der Waals surface area contributed by atoms with E-state index < -0.39 is 0 Å². The standard InChI is InChI=1S/C24H26N8/c1-15-3-5-17-19(11-15)21(13-29-31-23-25-7-8-26-23)18-6-4-16(2)12-20(18)22(17)14-30-32-24-27-9-10-28-24/h3-6,11-14H,7-10H2,1-2H3,(H2,25,26,31)(H2,27,28,32)/b29-13+,30-14+. The van der Waals surface area contributed by atoms with Crippen LogP contribution in [0.2, 0.25) is 0 Å². The maximum absolute atomic E-state index is 4.48. The van der Waals surface area contributed by atoms with Gasteiger partial charge in [0.1, 0.15) is 0 Å². The molecule has 162 valence electrons. The van der Waals surface area contributed by atoms with E-state index in [1.807, 2.05) is 12.4 Å². The first-order valence-corrected chi connectivity index (χ1v) is 10.8. The zero-order chi connectivity index (χ0) is 21.9. The number of fused-ring (bicyclic) bond motifs is 2. The number of hydrazone groups is 2. The SMILES string of the molecule is Cc1ccc2c(/C=N/NC3=NCCN3)c3cc(C)ccc3c(/C=N/NC3=NCCN3)c2c1. The molecule has 3 aromatic carbocycles. The maximum Gasteiger partial charge on any atom is 0.212 e. The molecule has 5 rings (SSSR count). The van der Waals surface area contributed by atoms with Gasteiger partial charge in [0.15, 0.2) is 0 Å². The maximum atomic E-state index is 4.48. The van der Waals surface area contributed by atoms with Gasteiger partial charge >= 0.3 is 0 Å². The minimum absolute atomic E-state index is 0.708. The van der Waals surface area contributed by atoms with Crippen LogP contribution in [0.5, 0.6) is 0 Å². The van der Waals surface area contributed by atoms with Crippen LogP contribution in [0.3, 0.4) is 0 Å². The van der Waals surface area contributed by atoms with Crippen molar-refractivity contribution in [1.82, 2.24) is 21.5 Å². The highest BCUT2D eigenvalue weighted by Crippen LogP contribution is 2.32. The monoisotopic (exact) mass is 426 g/mol. The van der Waals surface area contributed by atoms with Crippen molar-refractivity contribution >= 4 is 45.9 Å². The zero-order valence-electron chi connectivity index (χ0n) is 18.2. The molecule has 3 aromatic rings. The summed E-state index contributed by atoms with van der Waals surface area (Å²) in [6, 6.07) is 13.0. The molecule has 0 aromatic heterocycles. The number of rotatable bonds is 4. The van der Waals surface area contributed by atoms with Crippen LogP contribution in [0.15, 0.2) is 56.6 Å². The lowest BCUT2D eigenvalue weighted by atomic mass is 9.91. The Balaban J connectivity index is 1.64. The Morgan fingerprint density at radius 2 is 1.19 bits per heavy atom. The Hall–Kier alpha value is -3.94. The van der Waals surface area contributed by atoms with Gasteiger partial charge in [-0.3, -0.25) is 0 Å². The molecule has 2 heterocycles. The number of nitrogens with zero attached hydrogens (tertiary/aromatic N) is 4. The van der Waals surface area contributed by atoms with Gasteiger partial charge in [-0.2, -0.15) is 10.2 Å². The van der Waals surface area contributed by atoms with Crippen molar-refractivity contribution < 1.29 is 0 Å². The van der Waals surface area contributed by atoms with Crippen molar-refractivity contribution in [2.45, 2.75) is 13.8 Å². The van der Waals surface area contributed by atoms with Crippen LogP contribution in [-0.2, 0) is 0 Å². The van der Waals surface area contributed by atoms with Crippen LogP contribution in [0.1, 0.15) is 22.3 Å². The summed E-state index contributed by atoms with van der Waals surface area (Å²) in [4.78, 5) is 8.68. The van der Waals surface area contributed by atoms with E-state index in [4.69, 9.17) is 0 Å². The summed E-state index contributed by atoms with van der Waals surface area (Å²) in [5, 5.41) is 19.8. The third-order valence-electron chi connectivity index (χ3n) is 5.59. The van der Waals surface area contributed by atoms with Gasteiger partial charge in [-0.25, -0.2) is 20.8 Å². The number of benzene rings is 3. The van der Waals surface area contributed by atoms with Gasteiger partial charge in [-0.1, -0.05) is 47.5 Å². The Morgan fingerprint density at radius 3 is 1.59 bits per heavy atom. The van der Waals surface area contributed by atoms with E-state index in [1.165, 1.54) is 11.1 Å². The molecular weight excluding hydrogens is 400 g/mol. The van der Waals surface area contributed by atoms with E-state index >= 15 is 0 Å². The van der Waals surface area contributed by atoms with E-state index in [1.54, 1.807) is 0 Å². The van der Waals surface area contributed by atoms with Gasteiger partial charge in [-0.05, 0) is 35.4 Å². The van der Waals surface area contributed by atoms with Crippen LogP contribution in [-0.4, -0.2) is 50.5 Å². The number of aryl methyl sites for hydroxylation is 2. The van der Waals surface area contributed by atoms with Gasteiger partial charge in [0, 0.05) is 24.2 Å². The van der Waals surface area contributed by atoms with Crippen LogP contribution in [0, 0.1) is 13.8 Å². The molecule has 0 bridgehead atoms. The Morgan fingerprint density at radius 1 is 0.719 bits per heavy atom. The Bertz CT molecular complexity index is 1200. The molecule has 0 spiro atoms. The predicted molar refractivity (Wildman–Crippen MR) is 133 cm³/mol. The van der Waals surface area contributed by atoms with Gasteiger partial charge in [0.2, 0.25) is 11.9 Å². The van der Waals surface area contributed by atoms with Crippen molar-refractivity contribution in [3.63, 3.8) is 0 Å². The molecule has 4 N–H and O–H groups in total. The summed E-state index contributed by atoms with van der Waals surface area (Å²) in [6.07, 6.45) is 3.77. The molecule has 2 aliphatic heterocycles. The third kappa shape index (κ3) is 3.99. The summed E-state index contributed by atoms with van der Waals surface area (Å²) in [5.41, 5.74) is 10.6. The van der Waals surface area contributed by atoms with Crippen molar-refractivity contribution in [3.8, 4) is 0 Å². The fourth-order valence-corrected chi connectivity index (χ4v) is 4.06. The van der Waals surface area contributed by atoms with E-state index in [-0.39, 0.29) is 0 Å². The van der Waals surface area contributed by atoms with Gasteiger partial charge in [-0.15, -0.1) is 0 Å². The van der Waals surface area contributed by atoms with E-state index in [2.05, 4.69) is 91.9 Å². The molecule has 0 aliphatic carbocycles. The molecule has 0 unspecified atom stereocenters. The lowest BCUT2D eigenvalue weighted by molar-refractivity contribution is 0.920. The predicted octanol–water partition coefficient (Wildman–Crippen LogP) is 2.38. The average Bonchev–Trinajstić information content (AvgIpc) is 3.49. The molecule has 0 atom stereocenters. The number of hydrogen-bond acceptors (Lipinski definition) is 8. The topological polar surface area (TPSA) is 97.6 Å². The summed E-state index contributed by atoms with van der Waals surface area (Å²) in [6.45, 7) is 7.43. The normalized spacial score (nSPS) is 15.9. The van der Waals surface area contributed by atoms with Crippen molar-refractivity contribution in [2.24, 2.45) is 20.2 Å². The van der Waals surface area contributed by atoms with Crippen molar-refractivity contribution in [2.75, 3.05) is 26.2 Å². The van der Waals surface area contributed by atoms with Gasteiger partial charge in [0.25, 0.3) is 0 Å². The second-order valence-electron chi connectivity index (χ2n) is 7.98. The molecule has 0 saturated carbocycles. The highest BCUT2D eigenvalue weighted by Gasteiger charge is 2.13. The van der Waals surface area contributed by atoms with Crippen LogP contribution in [0.4, 0.5) is 0 Å². The van der Waals surface area contributed by atoms with Crippen LogP contribution >= 0.6 is 0 Å². The fourth-order valence-electron chi connectivity index (χ4n) is 4.06. The summed E-state index contributed by atoms with van der Waals surface area (Å²) in [7, 11) is 0. The van der Waals surface area contributed by atoms with Gasteiger partial charge in [0.05, 0.1) is 25.5 Å². The molecule has 0 saturated heterocycles. The van der Waals surface area contributed by atoms with E-state index in [0.717, 1.165) is 58.9 Å². The Kier molecular flexibility index (Phi) is 5.41. The molecule has 8 heteroatoms. The number of guanidine groups is 2. The van der Waals surface area contributed by atoms with E-state index in [0.29, 0.717) is 11.9 Å². The molecule has 8 nitrogen and oxygen atoms in total. The average molecular weight is 427 g/mol. The lowest BCUT2D eigenvalue weighted by Crippen LogP contribution is -2.30. The molecular formula is C24H26N8. The number of hydrogen-bond donors (Lipinski definition) is 4. The van der Waals surface area contributed by atoms with Gasteiger partial charge < -0.3 is 10.6 Å².